The van der Waals surface area contributed by atoms with Gasteiger partial charge in [0, 0.05) is 29.2 Å². The molecular weight excluding hydrogens is 396 g/mol. The molecule has 29 heavy (non-hydrogen) atoms. The number of carbonyl (C=O) groups excluding carboxylic acids is 1. The van der Waals surface area contributed by atoms with Gasteiger partial charge < -0.3 is 24.5 Å². The minimum atomic E-state index is -1.12. The zero-order valence-electron chi connectivity index (χ0n) is 15.0. The van der Waals surface area contributed by atoms with Crippen LogP contribution in [-0.4, -0.2) is 28.3 Å². The largest absolute Gasteiger partial charge is 0.478 e. The maximum absolute atomic E-state index is 12.4. The number of benzene rings is 2. The first-order chi connectivity index (χ1) is 14.0. The number of ether oxygens (including phenoxy) is 2. The molecule has 0 spiro atoms. The number of carboxylic acid groups (broad SMARTS) is 1. The van der Waals surface area contributed by atoms with Gasteiger partial charge in [0.2, 0.25) is 12.7 Å². The summed E-state index contributed by atoms with van der Waals surface area (Å²) in [5.41, 5.74) is 2.56. The summed E-state index contributed by atoms with van der Waals surface area (Å²) in [7, 11) is 0. The third-order valence-electron chi connectivity index (χ3n) is 5.14. The highest BCUT2D eigenvalue weighted by Crippen LogP contribution is 2.44. The van der Waals surface area contributed by atoms with Crippen molar-refractivity contribution < 1.29 is 24.2 Å². The smallest absolute Gasteiger partial charge is 0.339 e. The van der Waals surface area contributed by atoms with Gasteiger partial charge in [-0.05, 0) is 35.9 Å². The maximum Gasteiger partial charge on any atom is 0.339 e. The van der Waals surface area contributed by atoms with Gasteiger partial charge in [-0.15, -0.1) is 0 Å². The topological polar surface area (TPSA) is 89.8 Å². The second kappa shape index (κ2) is 6.56. The summed E-state index contributed by atoms with van der Waals surface area (Å²) in [6.45, 7) is 0.150. The fourth-order valence-electron chi connectivity index (χ4n) is 3.87. The molecule has 0 saturated heterocycles. The number of hydrogen-bond donors (Lipinski definition) is 2. The summed E-state index contributed by atoms with van der Waals surface area (Å²) in [5, 5.41) is 13.0. The molecular formula is C21H15ClN2O5. The summed E-state index contributed by atoms with van der Waals surface area (Å²) in [5.74, 6) is -0.472. The second-order valence-corrected chi connectivity index (χ2v) is 7.31. The van der Waals surface area contributed by atoms with Crippen molar-refractivity contribution in [2.75, 3.05) is 12.1 Å². The van der Waals surface area contributed by atoms with Gasteiger partial charge in [0.1, 0.15) is 5.56 Å². The van der Waals surface area contributed by atoms with E-state index >= 15 is 0 Å². The zero-order valence-corrected chi connectivity index (χ0v) is 15.8. The fourth-order valence-corrected chi connectivity index (χ4v) is 4.06. The van der Waals surface area contributed by atoms with Crippen molar-refractivity contribution in [2.24, 2.45) is 0 Å². The molecule has 0 unspecified atom stereocenters. The van der Waals surface area contributed by atoms with Crippen LogP contribution in [0.15, 0.2) is 48.7 Å². The molecule has 3 aromatic rings. The summed E-state index contributed by atoms with van der Waals surface area (Å²) in [6.07, 6.45) is 1.69. The quantitative estimate of drug-likeness (QED) is 0.680. The van der Waals surface area contributed by atoms with E-state index < -0.39 is 5.97 Å². The van der Waals surface area contributed by atoms with Crippen molar-refractivity contribution in [3.63, 3.8) is 0 Å². The Balaban J connectivity index is 1.73. The van der Waals surface area contributed by atoms with Gasteiger partial charge in [-0.2, -0.15) is 0 Å². The Labute approximate surface area is 170 Å². The number of amides is 1. The van der Waals surface area contributed by atoms with Crippen LogP contribution >= 0.6 is 11.6 Å². The first-order valence-electron chi connectivity index (χ1n) is 8.95. The predicted molar refractivity (Wildman–Crippen MR) is 105 cm³/mol. The van der Waals surface area contributed by atoms with Gasteiger partial charge in [0.05, 0.1) is 11.4 Å². The SMILES string of the molecule is O=C1C[C@@H](c2ccc3c(c2)OCO3)c2c(c(C(=O)O)cn2-c2cccc(Cl)c2)N1. The van der Waals surface area contributed by atoms with Gasteiger partial charge in [-0.3, -0.25) is 4.79 Å². The first kappa shape index (κ1) is 17.6. The lowest BCUT2D eigenvalue weighted by Crippen LogP contribution is -2.25. The summed E-state index contributed by atoms with van der Waals surface area (Å²) < 4.78 is 12.6. The van der Waals surface area contributed by atoms with Gasteiger partial charge in [0.25, 0.3) is 0 Å². The molecule has 3 heterocycles. The van der Waals surface area contributed by atoms with Gasteiger partial charge in [0.15, 0.2) is 11.5 Å². The van der Waals surface area contributed by atoms with Crippen molar-refractivity contribution in [1.29, 1.82) is 0 Å². The fraction of sp³-hybridized carbons (Fsp3) is 0.143. The number of aromatic nitrogens is 1. The molecule has 5 rings (SSSR count). The second-order valence-electron chi connectivity index (χ2n) is 6.88. The predicted octanol–water partition coefficient (Wildman–Crippen LogP) is 4.03. The molecule has 7 nitrogen and oxygen atoms in total. The minimum absolute atomic E-state index is 0.0266. The van der Waals surface area contributed by atoms with Crippen molar-refractivity contribution in [2.45, 2.75) is 12.3 Å². The van der Waals surface area contributed by atoms with E-state index in [-0.39, 0.29) is 30.6 Å². The summed E-state index contributed by atoms with van der Waals surface area (Å²) >= 11 is 6.16. The average molecular weight is 411 g/mol. The van der Waals surface area contributed by atoms with Crippen molar-refractivity contribution >= 4 is 29.2 Å². The van der Waals surface area contributed by atoms with E-state index in [0.29, 0.717) is 33.6 Å². The van der Waals surface area contributed by atoms with Crippen LogP contribution in [0, 0.1) is 0 Å². The number of carbonyl (C=O) groups is 2. The molecule has 2 aliphatic rings. The van der Waals surface area contributed by atoms with Gasteiger partial charge in [-0.25, -0.2) is 4.79 Å². The Bertz CT molecular complexity index is 1170. The van der Waals surface area contributed by atoms with Crippen LogP contribution in [-0.2, 0) is 4.79 Å². The number of rotatable bonds is 3. The van der Waals surface area contributed by atoms with Crippen LogP contribution in [0.3, 0.4) is 0 Å². The lowest BCUT2D eigenvalue weighted by atomic mass is 9.88. The highest BCUT2D eigenvalue weighted by molar-refractivity contribution is 6.30. The number of fused-ring (bicyclic) bond motifs is 2. The Hall–Kier alpha value is -3.45. The Morgan fingerprint density at radius 3 is 2.79 bits per heavy atom. The molecule has 146 valence electrons. The van der Waals surface area contributed by atoms with Crippen LogP contribution < -0.4 is 14.8 Å². The van der Waals surface area contributed by atoms with E-state index in [1.807, 2.05) is 18.2 Å². The van der Waals surface area contributed by atoms with E-state index in [2.05, 4.69) is 5.32 Å². The van der Waals surface area contributed by atoms with E-state index in [4.69, 9.17) is 21.1 Å². The highest BCUT2D eigenvalue weighted by Gasteiger charge is 2.35. The molecule has 0 aliphatic carbocycles. The molecule has 2 N–H and O–H groups in total. The average Bonchev–Trinajstić information content (AvgIpc) is 3.31. The number of nitrogens with zero attached hydrogens (tertiary/aromatic N) is 1. The third kappa shape index (κ3) is 2.91. The molecule has 0 radical (unpaired) electrons. The normalized spacial score (nSPS) is 17.0. The molecule has 1 atom stereocenters. The number of carboxylic acids is 1. The Morgan fingerprint density at radius 1 is 1.17 bits per heavy atom. The van der Waals surface area contributed by atoms with Gasteiger partial charge in [-0.1, -0.05) is 23.7 Å². The standard InChI is InChI=1S/C21H15ClN2O5/c22-12-2-1-3-13(7-12)24-9-15(21(26)27)19-20(24)14(8-18(25)23-19)11-4-5-16-17(6-11)29-10-28-16/h1-7,9,14H,8,10H2,(H,23,25)(H,26,27)/t14-/m0/s1. The van der Waals surface area contributed by atoms with Crippen LogP contribution in [0.1, 0.15) is 34.0 Å². The maximum atomic E-state index is 12.4. The lowest BCUT2D eigenvalue weighted by Gasteiger charge is -2.26. The van der Waals surface area contributed by atoms with Crippen molar-refractivity contribution in [3.05, 3.63) is 70.5 Å². The van der Waals surface area contributed by atoms with E-state index in [1.165, 1.54) is 6.20 Å². The third-order valence-corrected chi connectivity index (χ3v) is 5.38. The molecule has 1 aromatic heterocycles. The summed E-state index contributed by atoms with van der Waals surface area (Å²) in [4.78, 5) is 24.3. The molecule has 0 fully saturated rings. The monoisotopic (exact) mass is 410 g/mol. The van der Waals surface area contributed by atoms with E-state index in [0.717, 1.165) is 5.56 Å². The number of aromatic carboxylic acids is 1. The van der Waals surface area contributed by atoms with Gasteiger partial charge >= 0.3 is 5.97 Å². The first-order valence-corrected chi connectivity index (χ1v) is 9.33. The van der Waals surface area contributed by atoms with E-state index in [1.54, 1.807) is 28.8 Å². The number of halogens is 1. The van der Waals surface area contributed by atoms with Crippen LogP contribution in [0.5, 0.6) is 11.5 Å². The van der Waals surface area contributed by atoms with Crippen LogP contribution in [0.2, 0.25) is 5.02 Å². The number of nitrogens with one attached hydrogen (secondary N) is 1. The Kier molecular flexibility index (Phi) is 3.99. The summed E-state index contributed by atoms with van der Waals surface area (Å²) in [6, 6.07) is 12.6. The molecule has 8 heteroatoms. The number of anilines is 1. The molecule has 1 amide bonds. The van der Waals surface area contributed by atoms with Crippen LogP contribution in [0.4, 0.5) is 5.69 Å². The Morgan fingerprint density at radius 2 is 2.00 bits per heavy atom. The molecule has 0 bridgehead atoms. The minimum Gasteiger partial charge on any atom is -0.478 e. The van der Waals surface area contributed by atoms with Crippen LogP contribution in [0.25, 0.3) is 5.69 Å². The molecule has 2 aliphatic heterocycles. The van der Waals surface area contributed by atoms with Crippen molar-refractivity contribution in [1.82, 2.24) is 4.57 Å². The molecule has 2 aromatic carbocycles. The highest BCUT2D eigenvalue weighted by atomic mass is 35.5. The lowest BCUT2D eigenvalue weighted by molar-refractivity contribution is -0.116. The zero-order chi connectivity index (χ0) is 20.1. The van der Waals surface area contributed by atoms with Crippen molar-refractivity contribution in [3.8, 4) is 17.2 Å². The van der Waals surface area contributed by atoms with E-state index in [9.17, 15) is 14.7 Å². The molecule has 0 saturated carbocycles. The number of hydrogen-bond acceptors (Lipinski definition) is 4.